The van der Waals surface area contributed by atoms with Gasteiger partial charge in [0, 0.05) is 6.42 Å². The summed E-state index contributed by atoms with van der Waals surface area (Å²) in [5, 5.41) is 85.8. The molecule has 2 aliphatic heterocycles. The molecule has 0 radical (unpaired) electrons. The molecule has 330 valence electrons. The highest BCUT2D eigenvalue weighted by Gasteiger charge is 2.51. The van der Waals surface area contributed by atoms with Crippen molar-refractivity contribution in [2.75, 3.05) is 19.8 Å². The second-order valence-corrected chi connectivity index (χ2v) is 15.8. The molecule has 2 heterocycles. The molecule has 0 aromatic rings. The average Bonchev–Trinajstić information content (AvgIpc) is 3.19. The Kier molecular flexibility index (Phi) is 27.9. The Morgan fingerprint density at radius 3 is 1.70 bits per heavy atom. The first kappa shape index (κ1) is 50.9. The smallest absolute Gasteiger partial charge is 0.220 e. The van der Waals surface area contributed by atoms with Crippen molar-refractivity contribution in [2.45, 2.75) is 229 Å². The Hall–Kier alpha value is -1.27. The van der Waals surface area contributed by atoms with E-state index in [1.165, 1.54) is 83.5 Å². The van der Waals surface area contributed by atoms with Crippen molar-refractivity contribution in [1.82, 2.24) is 5.32 Å². The predicted octanol–water partition coefficient (Wildman–Crippen LogP) is 3.65. The number of hydrogen-bond donors (Lipinski definition) is 9. The van der Waals surface area contributed by atoms with Crippen LogP contribution in [0.4, 0.5) is 0 Å². The number of carbonyl (C=O) groups is 1. The van der Waals surface area contributed by atoms with Gasteiger partial charge in [-0.05, 0) is 38.5 Å². The molecule has 0 saturated carbocycles. The van der Waals surface area contributed by atoms with Crippen molar-refractivity contribution in [3.8, 4) is 0 Å². The van der Waals surface area contributed by atoms with Crippen molar-refractivity contribution >= 4 is 5.91 Å². The molecule has 0 aliphatic carbocycles. The van der Waals surface area contributed by atoms with Crippen LogP contribution in [0.1, 0.15) is 155 Å². The summed E-state index contributed by atoms with van der Waals surface area (Å²) in [6, 6.07) is -0.821. The summed E-state index contributed by atoms with van der Waals surface area (Å²) >= 11 is 0. The summed E-state index contributed by atoms with van der Waals surface area (Å²) in [5.41, 5.74) is 0. The first-order chi connectivity index (χ1) is 27.1. The predicted molar refractivity (Wildman–Crippen MR) is 212 cm³/mol. The number of ether oxygens (including phenoxy) is 4. The van der Waals surface area contributed by atoms with Gasteiger partial charge >= 0.3 is 0 Å². The number of amides is 1. The van der Waals surface area contributed by atoms with Crippen LogP contribution in [0, 0.1) is 0 Å². The Balaban J connectivity index is 1.72. The van der Waals surface area contributed by atoms with E-state index >= 15 is 0 Å². The molecule has 2 rings (SSSR count). The fourth-order valence-electron chi connectivity index (χ4n) is 7.29. The summed E-state index contributed by atoms with van der Waals surface area (Å²) in [7, 11) is 0. The van der Waals surface area contributed by atoms with E-state index in [1.54, 1.807) is 0 Å². The molecule has 14 heteroatoms. The summed E-state index contributed by atoms with van der Waals surface area (Å²) < 4.78 is 22.5. The van der Waals surface area contributed by atoms with Gasteiger partial charge < -0.3 is 65.1 Å². The lowest BCUT2D eigenvalue weighted by Crippen LogP contribution is -2.65. The van der Waals surface area contributed by atoms with Crippen LogP contribution >= 0.6 is 0 Å². The van der Waals surface area contributed by atoms with E-state index in [9.17, 15) is 45.6 Å². The Morgan fingerprint density at radius 1 is 0.625 bits per heavy atom. The third kappa shape index (κ3) is 19.2. The fraction of sp³-hybridized carbons (Fsp3) is 0.929. The highest BCUT2D eigenvalue weighted by atomic mass is 16.7. The monoisotopic (exact) mass is 806 g/mol. The molecular weight excluding hydrogens is 726 g/mol. The molecule has 12 unspecified atom stereocenters. The summed E-state index contributed by atoms with van der Waals surface area (Å²) in [4.78, 5) is 12.9. The zero-order chi connectivity index (χ0) is 41.1. The second-order valence-electron chi connectivity index (χ2n) is 15.8. The molecule has 56 heavy (non-hydrogen) atoms. The van der Waals surface area contributed by atoms with Gasteiger partial charge in [0.05, 0.1) is 32.0 Å². The lowest BCUT2D eigenvalue weighted by atomic mass is 9.97. The second kappa shape index (κ2) is 30.7. The fourth-order valence-corrected chi connectivity index (χ4v) is 7.29. The first-order valence-electron chi connectivity index (χ1n) is 21.9. The van der Waals surface area contributed by atoms with E-state index in [1.807, 2.05) is 6.92 Å². The largest absolute Gasteiger partial charge is 0.394 e. The lowest BCUT2D eigenvalue weighted by Gasteiger charge is -2.46. The Morgan fingerprint density at radius 2 is 1.12 bits per heavy atom. The van der Waals surface area contributed by atoms with Gasteiger partial charge in [0.15, 0.2) is 12.6 Å². The number of aliphatic hydroxyl groups excluding tert-OH is 8. The number of aliphatic hydroxyl groups is 8. The quantitative estimate of drug-likeness (QED) is 0.0350. The highest BCUT2D eigenvalue weighted by molar-refractivity contribution is 5.76. The van der Waals surface area contributed by atoms with Gasteiger partial charge in [-0.3, -0.25) is 4.79 Å². The molecule has 9 N–H and O–H groups in total. The molecule has 1 amide bonds. The standard InChI is InChI=1S/C42H79NO13/c1-3-5-7-8-9-10-11-12-13-14-15-16-17-18-19-20-21-22-24-26-34(47)43-30(31(46)25-23-6-4-2)29-53-41-39(52)37(50)40(33(28-45)55-41)56-42-38(51)36(49)35(48)32(27-44)54-42/h12-13,30-33,35-42,44-46,48-52H,3-11,14-29H2,1-2H3,(H,43,47)/b13-12-. The van der Waals surface area contributed by atoms with Gasteiger partial charge in [-0.15, -0.1) is 0 Å². The zero-order valence-electron chi connectivity index (χ0n) is 34.4. The molecule has 12 atom stereocenters. The topological polar surface area (TPSA) is 228 Å². The van der Waals surface area contributed by atoms with Gasteiger partial charge in [0.25, 0.3) is 0 Å². The van der Waals surface area contributed by atoms with Crippen molar-refractivity contribution in [1.29, 1.82) is 0 Å². The molecule has 2 fully saturated rings. The number of allylic oxidation sites excluding steroid dienone is 2. The van der Waals surface area contributed by atoms with E-state index in [-0.39, 0.29) is 12.5 Å². The molecule has 2 aliphatic rings. The number of carbonyl (C=O) groups excluding carboxylic acids is 1. The first-order valence-corrected chi connectivity index (χ1v) is 21.9. The molecule has 2 saturated heterocycles. The SMILES string of the molecule is CCCCCCCC/C=C\CCCCCCCCCCCC(=O)NC(COC1OC(CO)C(OC2OC(CO)C(O)C(O)C2O)C(O)C1O)C(O)CCCCC. The summed E-state index contributed by atoms with van der Waals surface area (Å²) in [6.07, 6.45) is 11.9. The van der Waals surface area contributed by atoms with Crippen molar-refractivity contribution in [2.24, 2.45) is 0 Å². The van der Waals surface area contributed by atoms with Crippen molar-refractivity contribution in [3.05, 3.63) is 12.2 Å². The summed E-state index contributed by atoms with van der Waals surface area (Å²) in [6.45, 7) is 2.65. The highest BCUT2D eigenvalue weighted by Crippen LogP contribution is 2.30. The minimum Gasteiger partial charge on any atom is -0.394 e. The van der Waals surface area contributed by atoms with Gasteiger partial charge in [-0.1, -0.05) is 122 Å². The number of rotatable bonds is 32. The van der Waals surface area contributed by atoms with Crippen LogP contribution in [-0.4, -0.2) is 140 Å². The maximum Gasteiger partial charge on any atom is 0.220 e. The van der Waals surface area contributed by atoms with Crippen LogP contribution in [0.15, 0.2) is 12.2 Å². The van der Waals surface area contributed by atoms with Crippen LogP contribution in [-0.2, 0) is 23.7 Å². The van der Waals surface area contributed by atoms with Gasteiger partial charge in [0.1, 0.15) is 48.8 Å². The molecule has 0 aromatic heterocycles. The molecule has 0 spiro atoms. The third-order valence-corrected chi connectivity index (χ3v) is 11.0. The lowest BCUT2D eigenvalue weighted by molar-refractivity contribution is -0.359. The molecule has 0 bridgehead atoms. The van der Waals surface area contributed by atoms with Crippen LogP contribution < -0.4 is 5.32 Å². The number of nitrogens with one attached hydrogen (secondary N) is 1. The van der Waals surface area contributed by atoms with Crippen molar-refractivity contribution in [3.63, 3.8) is 0 Å². The van der Waals surface area contributed by atoms with Crippen LogP contribution in [0.2, 0.25) is 0 Å². The van der Waals surface area contributed by atoms with E-state index in [4.69, 9.17) is 18.9 Å². The van der Waals surface area contributed by atoms with Crippen LogP contribution in [0.5, 0.6) is 0 Å². The average molecular weight is 806 g/mol. The molecule has 0 aromatic carbocycles. The Bertz CT molecular complexity index is 1000. The molecule has 14 nitrogen and oxygen atoms in total. The minimum absolute atomic E-state index is 0.222. The normalized spacial score (nSPS) is 29.5. The third-order valence-electron chi connectivity index (χ3n) is 11.0. The van der Waals surface area contributed by atoms with Gasteiger partial charge in [-0.2, -0.15) is 0 Å². The van der Waals surface area contributed by atoms with Crippen LogP contribution in [0.3, 0.4) is 0 Å². The van der Waals surface area contributed by atoms with Gasteiger partial charge in [-0.25, -0.2) is 0 Å². The van der Waals surface area contributed by atoms with E-state index in [0.29, 0.717) is 12.8 Å². The van der Waals surface area contributed by atoms with E-state index in [0.717, 1.165) is 44.9 Å². The number of hydrogen-bond acceptors (Lipinski definition) is 13. The summed E-state index contributed by atoms with van der Waals surface area (Å²) in [5.74, 6) is -0.222. The van der Waals surface area contributed by atoms with E-state index < -0.39 is 86.8 Å². The van der Waals surface area contributed by atoms with Crippen molar-refractivity contribution < 1.29 is 64.6 Å². The maximum absolute atomic E-state index is 12.9. The zero-order valence-corrected chi connectivity index (χ0v) is 34.4. The minimum atomic E-state index is -1.78. The van der Waals surface area contributed by atoms with Crippen LogP contribution in [0.25, 0.3) is 0 Å². The maximum atomic E-state index is 12.9. The van der Waals surface area contributed by atoms with Gasteiger partial charge in [0.2, 0.25) is 5.91 Å². The Labute approximate surface area is 336 Å². The number of unbranched alkanes of at least 4 members (excludes halogenated alkanes) is 17. The van der Waals surface area contributed by atoms with E-state index in [2.05, 4.69) is 24.4 Å². The molecular formula is C42H79NO13.